The van der Waals surface area contributed by atoms with Gasteiger partial charge >= 0.3 is 5.97 Å². The summed E-state index contributed by atoms with van der Waals surface area (Å²) in [6.45, 7) is 3.90. The van der Waals surface area contributed by atoms with Gasteiger partial charge in [-0.2, -0.15) is 0 Å². The number of hydroxylamine groups is 2. The van der Waals surface area contributed by atoms with Crippen molar-refractivity contribution < 1.29 is 14.7 Å². The molecule has 4 heteroatoms. The van der Waals surface area contributed by atoms with Gasteiger partial charge in [-0.1, -0.05) is 25.7 Å². The van der Waals surface area contributed by atoms with Crippen LogP contribution in [0.2, 0.25) is 0 Å². The number of carbonyl (C=O) groups excluding carboxylic acids is 1. The van der Waals surface area contributed by atoms with Crippen molar-refractivity contribution in [2.75, 3.05) is 6.61 Å². The Morgan fingerprint density at radius 3 is 2.25 bits per heavy atom. The molecule has 0 bridgehead atoms. The van der Waals surface area contributed by atoms with E-state index < -0.39 is 11.1 Å². The summed E-state index contributed by atoms with van der Waals surface area (Å²) in [5.41, 5.74) is -1.48. The maximum Gasteiger partial charge on any atom is 0.329 e. The molecule has 4 nitrogen and oxygen atoms in total. The second-order valence-corrected chi connectivity index (χ2v) is 5.63. The summed E-state index contributed by atoms with van der Waals surface area (Å²) in [7, 11) is 0. The van der Waals surface area contributed by atoms with Crippen LogP contribution in [0.3, 0.4) is 0 Å². The van der Waals surface area contributed by atoms with Crippen molar-refractivity contribution in [1.29, 1.82) is 0 Å². The van der Waals surface area contributed by atoms with Crippen LogP contribution in [0.15, 0.2) is 0 Å². The van der Waals surface area contributed by atoms with Crippen LogP contribution < -0.4 is 0 Å². The Balaban J connectivity index is 2.29. The van der Waals surface area contributed by atoms with E-state index in [9.17, 15) is 10.0 Å². The number of hydrogen-bond acceptors (Lipinski definition) is 3. The molecule has 1 heterocycles. The van der Waals surface area contributed by atoms with E-state index in [-0.39, 0.29) is 12.6 Å². The molecule has 0 atom stereocenters. The normalized spacial score (nSPS) is 29.8. The molecule has 0 unspecified atom stereocenters. The van der Waals surface area contributed by atoms with Gasteiger partial charge in [0.1, 0.15) is 12.1 Å². The molecule has 91 valence electrons. The molecule has 1 aliphatic heterocycles. The number of carbonyl (C=O) groups is 1. The van der Waals surface area contributed by atoms with E-state index in [0.717, 1.165) is 30.7 Å². The molecule has 0 aromatic carbocycles. The van der Waals surface area contributed by atoms with Crippen LogP contribution in [0.1, 0.15) is 52.4 Å². The lowest BCUT2D eigenvalue weighted by Crippen LogP contribution is -2.66. The number of cyclic esters (lactones) is 1. The minimum Gasteiger partial charge on any atom is -0.462 e. The minimum absolute atomic E-state index is 0.205. The highest BCUT2D eigenvalue weighted by Crippen LogP contribution is 2.39. The van der Waals surface area contributed by atoms with Gasteiger partial charge in [-0.3, -0.25) is 0 Å². The van der Waals surface area contributed by atoms with Crippen LogP contribution in [-0.2, 0) is 14.7 Å². The first kappa shape index (κ1) is 11.9. The standard InChI is InChI=1S/C12H20NO3/c1-11(2)9-16-10(14)12(13(11)15)7-5-3-4-6-8-12/h3-9H2,1-2H3. The number of morpholine rings is 1. The largest absolute Gasteiger partial charge is 0.462 e. The van der Waals surface area contributed by atoms with Crippen LogP contribution in [-0.4, -0.2) is 28.7 Å². The quantitative estimate of drug-likeness (QED) is 0.594. The molecule has 2 aliphatic rings. The van der Waals surface area contributed by atoms with E-state index in [0.29, 0.717) is 12.8 Å². The summed E-state index contributed by atoms with van der Waals surface area (Å²) in [6, 6.07) is 0. The van der Waals surface area contributed by atoms with Crippen LogP contribution in [0.25, 0.3) is 0 Å². The number of nitrogens with zero attached hydrogens (tertiary/aromatic N) is 1. The lowest BCUT2D eigenvalue weighted by atomic mass is 9.84. The molecule has 0 aromatic rings. The van der Waals surface area contributed by atoms with Crippen LogP contribution in [0.4, 0.5) is 0 Å². The molecule has 1 saturated heterocycles. The van der Waals surface area contributed by atoms with Gasteiger partial charge in [0.15, 0.2) is 0 Å². The van der Waals surface area contributed by atoms with Gasteiger partial charge in [-0.05, 0) is 26.7 Å². The molecule has 0 aromatic heterocycles. The molecular formula is C12H20NO3. The zero-order chi connectivity index (χ0) is 11.8. The van der Waals surface area contributed by atoms with Crippen molar-refractivity contribution in [3.63, 3.8) is 0 Å². The molecule has 0 N–H and O–H groups in total. The Labute approximate surface area is 96.5 Å². The highest BCUT2D eigenvalue weighted by molar-refractivity contribution is 5.81. The summed E-state index contributed by atoms with van der Waals surface area (Å²) in [6.07, 6.45) is 5.43. The molecular weight excluding hydrogens is 206 g/mol. The summed E-state index contributed by atoms with van der Waals surface area (Å²) < 4.78 is 5.23. The van der Waals surface area contributed by atoms with E-state index in [4.69, 9.17) is 4.74 Å². The van der Waals surface area contributed by atoms with E-state index in [1.54, 1.807) is 0 Å². The molecule has 1 aliphatic carbocycles. The van der Waals surface area contributed by atoms with E-state index in [1.807, 2.05) is 13.8 Å². The third-order valence-electron chi connectivity index (χ3n) is 3.81. The first-order valence-corrected chi connectivity index (χ1v) is 6.14. The zero-order valence-corrected chi connectivity index (χ0v) is 10.1. The Bertz CT molecular complexity index is 280. The highest BCUT2D eigenvalue weighted by atomic mass is 16.6. The summed E-state index contributed by atoms with van der Waals surface area (Å²) in [4.78, 5) is 12.0. The minimum atomic E-state index is -0.891. The number of ether oxygens (including phenoxy) is 1. The fourth-order valence-electron chi connectivity index (χ4n) is 2.82. The summed E-state index contributed by atoms with van der Waals surface area (Å²) in [5, 5.41) is 13.4. The second-order valence-electron chi connectivity index (χ2n) is 5.63. The maximum atomic E-state index is 12.4. The van der Waals surface area contributed by atoms with Crippen LogP contribution in [0, 0.1) is 0 Å². The second kappa shape index (κ2) is 4.00. The molecule has 16 heavy (non-hydrogen) atoms. The summed E-state index contributed by atoms with van der Waals surface area (Å²) in [5.74, 6) is -0.302. The van der Waals surface area contributed by atoms with E-state index in [2.05, 4.69) is 0 Å². The molecule has 0 amide bonds. The Kier molecular flexibility index (Phi) is 2.97. The Hall–Kier alpha value is -0.610. The fraction of sp³-hybridized carbons (Fsp3) is 0.917. The monoisotopic (exact) mass is 226 g/mol. The first-order valence-electron chi connectivity index (χ1n) is 6.14. The average molecular weight is 226 g/mol. The van der Waals surface area contributed by atoms with E-state index >= 15 is 0 Å². The zero-order valence-electron chi connectivity index (χ0n) is 10.1. The maximum absolute atomic E-state index is 12.4. The van der Waals surface area contributed by atoms with Gasteiger partial charge in [0, 0.05) is 0 Å². The van der Waals surface area contributed by atoms with Gasteiger partial charge < -0.3 is 4.74 Å². The third-order valence-corrected chi connectivity index (χ3v) is 3.81. The van der Waals surface area contributed by atoms with Crippen molar-refractivity contribution >= 4 is 5.97 Å². The predicted octanol–water partition coefficient (Wildman–Crippen LogP) is 2.06. The van der Waals surface area contributed by atoms with Crippen molar-refractivity contribution in [2.45, 2.75) is 63.5 Å². The van der Waals surface area contributed by atoms with Crippen LogP contribution in [0.5, 0.6) is 0 Å². The number of rotatable bonds is 0. The SMILES string of the molecule is CC1(C)COC(=O)C2(CCCCCC2)N1[O]. The van der Waals surface area contributed by atoms with Crippen LogP contribution >= 0.6 is 0 Å². The lowest BCUT2D eigenvalue weighted by molar-refractivity contribution is -0.308. The van der Waals surface area contributed by atoms with Gasteiger partial charge in [0.25, 0.3) is 0 Å². The number of esters is 1. The molecule has 1 radical (unpaired) electrons. The van der Waals surface area contributed by atoms with Gasteiger partial charge in [0.05, 0.1) is 5.54 Å². The van der Waals surface area contributed by atoms with Crippen molar-refractivity contribution in [1.82, 2.24) is 5.06 Å². The average Bonchev–Trinajstić information content (AvgIpc) is 2.49. The molecule has 2 rings (SSSR count). The van der Waals surface area contributed by atoms with Crippen molar-refractivity contribution in [3.8, 4) is 0 Å². The summed E-state index contributed by atoms with van der Waals surface area (Å²) >= 11 is 0. The van der Waals surface area contributed by atoms with Gasteiger partial charge in [0.2, 0.25) is 0 Å². The van der Waals surface area contributed by atoms with Gasteiger partial charge in [-0.25, -0.2) is 4.79 Å². The van der Waals surface area contributed by atoms with Crippen molar-refractivity contribution in [3.05, 3.63) is 0 Å². The Morgan fingerprint density at radius 1 is 1.12 bits per heavy atom. The predicted molar refractivity (Wildman–Crippen MR) is 58.0 cm³/mol. The third kappa shape index (κ3) is 1.74. The lowest BCUT2D eigenvalue weighted by Gasteiger charge is -2.47. The first-order chi connectivity index (χ1) is 7.49. The molecule has 1 spiro atoms. The smallest absolute Gasteiger partial charge is 0.329 e. The van der Waals surface area contributed by atoms with E-state index in [1.165, 1.54) is 0 Å². The number of hydrogen-bond donors (Lipinski definition) is 0. The Morgan fingerprint density at radius 2 is 1.69 bits per heavy atom. The molecule has 2 fully saturated rings. The highest BCUT2D eigenvalue weighted by Gasteiger charge is 2.55. The molecule has 1 saturated carbocycles. The van der Waals surface area contributed by atoms with Crippen molar-refractivity contribution in [2.24, 2.45) is 0 Å². The fourth-order valence-corrected chi connectivity index (χ4v) is 2.82. The van der Waals surface area contributed by atoms with Gasteiger partial charge in [-0.15, -0.1) is 10.3 Å². The topological polar surface area (TPSA) is 49.4 Å².